The van der Waals surface area contributed by atoms with Gasteiger partial charge in [-0.3, -0.25) is 4.79 Å². The van der Waals surface area contributed by atoms with Crippen LogP contribution in [0.3, 0.4) is 0 Å². The Morgan fingerprint density at radius 1 is 1.33 bits per heavy atom. The smallest absolute Gasteiger partial charge is 0.252 e. The Morgan fingerprint density at radius 3 is 2.96 bits per heavy atom. The van der Waals surface area contributed by atoms with Crippen LogP contribution in [0.2, 0.25) is 5.02 Å². The van der Waals surface area contributed by atoms with Crippen molar-refractivity contribution in [3.05, 3.63) is 51.9 Å². The number of benzene rings is 1. The third-order valence-electron chi connectivity index (χ3n) is 4.79. The molecule has 0 aliphatic carbocycles. The van der Waals surface area contributed by atoms with Crippen LogP contribution < -0.4 is 5.32 Å². The standard InChI is InChI=1S/C21H21ClN2O2S/c1-2-15-6-8-20(27-15)19-11-17(16-10-13(22)5-7-18(16)24-19)21(25)23-12-14-4-3-9-26-14/h5-8,10-11,14H,2-4,9,12H2,1H3,(H,23,25)/t14-/m1/s1. The Kier molecular flexibility index (Phi) is 5.43. The molecule has 4 rings (SSSR count). The lowest BCUT2D eigenvalue weighted by Gasteiger charge is -2.13. The van der Waals surface area contributed by atoms with Crippen molar-refractivity contribution in [1.82, 2.24) is 10.3 Å². The van der Waals surface area contributed by atoms with Gasteiger partial charge in [-0.2, -0.15) is 0 Å². The Morgan fingerprint density at radius 2 is 2.22 bits per heavy atom. The van der Waals surface area contributed by atoms with E-state index in [2.05, 4.69) is 24.4 Å². The molecule has 1 aliphatic rings. The molecule has 2 aromatic heterocycles. The van der Waals surface area contributed by atoms with Crippen LogP contribution in [0.15, 0.2) is 36.4 Å². The van der Waals surface area contributed by atoms with E-state index in [1.165, 1.54) is 4.88 Å². The highest BCUT2D eigenvalue weighted by Crippen LogP contribution is 2.31. The Balaban J connectivity index is 1.71. The molecule has 0 bridgehead atoms. The zero-order chi connectivity index (χ0) is 18.8. The lowest BCUT2D eigenvalue weighted by Crippen LogP contribution is -2.31. The highest BCUT2D eigenvalue weighted by molar-refractivity contribution is 7.15. The molecular weight excluding hydrogens is 380 g/mol. The first kappa shape index (κ1) is 18.4. The number of carbonyl (C=O) groups excluding carboxylic acids is 1. The van der Waals surface area contributed by atoms with Gasteiger partial charge in [-0.05, 0) is 55.7 Å². The number of nitrogens with one attached hydrogen (secondary N) is 1. The molecule has 6 heteroatoms. The molecule has 1 aromatic carbocycles. The van der Waals surface area contributed by atoms with E-state index >= 15 is 0 Å². The monoisotopic (exact) mass is 400 g/mol. The fourth-order valence-corrected chi connectivity index (χ4v) is 4.40. The highest BCUT2D eigenvalue weighted by atomic mass is 35.5. The molecule has 140 valence electrons. The van der Waals surface area contributed by atoms with E-state index in [1.807, 2.05) is 12.1 Å². The summed E-state index contributed by atoms with van der Waals surface area (Å²) < 4.78 is 5.61. The summed E-state index contributed by atoms with van der Waals surface area (Å²) in [7, 11) is 0. The van der Waals surface area contributed by atoms with Gasteiger partial charge in [0.2, 0.25) is 0 Å². The summed E-state index contributed by atoms with van der Waals surface area (Å²) in [5.41, 5.74) is 2.18. The van der Waals surface area contributed by atoms with Crippen molar-refractivity contribution in [2.24, 2.45) is 0 Å². The van der Waals surface area contributed by atoms with Gasteiger partial charge in [0.25, 0.3) is 5.91 Å². The van der Waals surface area contributed by atoms with Gasteiger partial charge in [-0.1, -0.05) is 18.5 Å². The summed E-state index contributed by atoms with van der Waals surface area (Å²) >= 11 is 7.89. The number of fused-ring (bicyclic) bond motifs is 1. The molecule has 0 saturated carbocycles. The molecule has 1 atom stereocenters. The minimum atomic E-state index is -0.117. The SMILES string of the molecule is CCc1ccc(-c2cc(C(=O)NC[C@H]3CCCO3)c3cc(Cl)ccc3n2)s1. The van der Waals surface area contributed by atoms with Crippen LogP contribution in [0.25, 0.3) is 21.5 Å². The summed E-state index contributed by atoms with van der Waals surface area (Å²) in [4.78, 5) is 20.1. The zero-order valence-electron chi connectivity index (χ0n) is 15.1. The van der Waals surface area contributed by atoms with Crippen molar-refractivity contribution in [2.45, 2.75) is 32.3 Å². The molecule has 1 N–H and O–H groups in total. The van der Waals surface area contributed by atoms with Crippen molar-refractivity contribution in [2.75, 3.05) is 13.2 Å². The first-order valence-electron chi connectivity index (χ1n) is 9.23. The number of carbonyl (C=O) groups is 1. The van der Waals surface area contributed by atoms with Gasteiger partial charge < -0.3 is 10.1 Å². The highest BCUT2D eigenvalue weighted by Gasteiger charge is 2.19. The molecule has 0 spiro atoms. The van der Waals surface area contributed by atoms with E-state index in [0.717, 1.165) is 47.3 Å². The molecule has 3 aromatic rings. The summed E-state index contributed by atoms with van der Waals surface area (Å²) in [6.07, 6.45) is 3.14. The number of ether oxygens (including phenoxy) is 1. The number of amides is 1. The number of halogens is 1. The summed E-state index contributed by atoms with van der Waals surface area (Å²) in [6, 6.07) is 11.5. The Bertz CT molecular complexity index is 979. The van der Waals surface area contributed by atoms with Crippen molar-refractivity contribution in [3.63, 3.8) is 0 Å². The Hall–Kier alpha value is -1.95. The summed E-state index contributed by atoms with van der Waals surface area (Å²) in [5, 5.41) is 4.38. The molecular formula is C21H21ClN2O2S. The van der Waals surface area contributed by atoms with Crippen LogP contribution in [0.5, 0.6) is 0 Å². The fraction of sp³-hybridized carbons (Fsp3) is 0.333. The van der Waals surface area contributed by atoms with E-state index < -0.39 is 0 Å². The second kappa shape index (κ2) is 7.97. The number of hydrogen-bond acceptors (Lipinski definition) is 4. The van der Waals surface area contributed by atoms with E-state index in [1.54, 1.807) is 23.5 Å². The van der Waals surface area contributed by atoms with Gasteiger partial charge in [-0.15, -0.1) is 11.3 Å². The third-order valence-corrected chi connectivity index (χ3v) is 6.28. The van der Waals surface area contributed by atoms with Crippen LogP contribution in [0, 0.1) is 0 Å². The number of aromatic nitrogens is 1. The van der Waals surface area contributed by atoms with Crippen molar-refractivity contribution in [3.8, 4) is 10.6 Å². The summed E-state index contributed by atoms with van der Waals surface area (Å²) in [6.45, 7) is 3.43. The third kappa shape index (κ3) is 4.00. The predicted octanol–water partition coefficient (Wildman–Crippen LogP) is 5.09. The molecule has 0 unspecified atom stereocenters. The molecule has 1 saturated heterocycles. The number of pyridine rings is 1. The average Bonchev–Trinajstić information content (AvgIpc) is 3.37. The van der Waals surface area contributed by atoms with Gasteiger partial charge >= 0.3 is 0 Å². The average molecular weight is 401 g/mol. The minimum Gasteiger partial charge on any atom is -0.376 e. The maximum atomic E-state index is 12.9. The number of hydrogen-bond donors (Lipinski definition) is 1. The van der Waals surface area contributed by atoms with Crippen LogP contribution in [-0.2, 0) is 11.2 Å². The van der Waals surface area contributed by atoms with E-state index in [0.29, 0.717) is 17.1 Å². The lowest BCUT2D eigenvalue weighted by molar-refractivity contribution is 0.0859. The van der Waals surface area contributed by atoms with Gasteiger partial charge in [-0.25, -0.2) is 4.98 Å². The van der Waals surface area contributed by atoms with Gasteiger partial charge in [0.05, 0.1) is 27.8 Å². The van der Waals surface area contributed by atoms with Crippen molar-refractivity contribution in [1.29, 1.82) is 0 Å². The number of thiophene rings is 1. The second-order valence-corrected chi connectivity index (χ2v) is 8.29. The van der Waals surface area contributed by atoms with Gasteiger partial charge in [0, 0.05) is 28.4 Å². The van der Waals surface area contributed by atoms with Crippen LogP contribution in [-0.4, -0.2) is 30.1 Å². The molecule has 0 radical (unpaired) electrons. The van der Waals surface area contributed by atoms with Gasteiger partial charge in [0.1, 0.15) is 0 Å². The van der Waals surface area contributed by atoms with Crippen LogP contribution in [0.4, 0.5) is 0 Å². The zero-order valence-corrected chi connectivity index (χ0v) is 16.7. The number of aryl methyl sites for hydroxylation is 1. The minimum absolute atomic E-state index is 0.106. The molecule has 4 nitrogen and oxygen atoms in total. The quantitative estimate of drug-likeness (QED) is 0.649. The second-order valence-electron chi connectivity index (χ2n) is 6.68. The predicted molar refractivity (Wildman–Crippen MR) is 111 cm³/mol. The lowest BCUT2D eigenvalue weighted by atomic mass is 10.1. The molecule has 1 aliphatic heterocycles. The fourth-order valence-electron chi connectivity index (χ4n) is 3.32. The van der Waals surface area contributed by atoms with Crippen molar-refractivity contribution < 1.29 is 9.53 Å². The molecule has 1 amide bonds. The van der Waals surface area contributed by atoms with Crippen LogP contribution >= 0.6 is 22.9 Å². The maximum absolute atomic E-state index is 12.9. The van der Waals surface area contributed by atoms with E-state index in [-0.39, 0.29) is 12.0 Å². The van der Waals surface area contributed by atoms with Crippen molar-refractivity contribution >= 4 is 39.7 Å². The Labute approximate surface area is 167 Å². The largest absolute Gasteiger partial charge is 0.376 e. The normalized spacial score (nSPS) is 16.7. The maximum Gasteiger partial charge on any atom is 0.252 e. The topological polar surface area (TPSA) is 51.2 Å². The molecule has 3 heterocycles. The van der Waals surface area contributed by atoms with E-state index in [9.17, 15) is 4.79 Å². The van der Waals surface area contributed by atoms with Crippen LogP contribution in [0.1, 0.15) is 35.0 Å². The number of rotatable bonds is 5. The molecule has 1 fully saturated rings. The first-order valence-corrected chi connectivity index (χ1v) is 10.4. The molecule has 27 heavy (non-hydrogen) atoms. The van der Waals surface area contributed by atoms with Gasteiger partial charge in [0.15, 0.2) is 0 Å². The number of nitrogens with zero attached hydrogens (tertiary/aromatic N) is 1. The summed E-state index contributed by atoms with van der Waals surface area (Å²) in [5.74, 6) is -0.117. The first-order chi connectivity index (χ1) is 13.1. The van der Waals surface area contributed by atoms with E-state index in [4.69, 9.17) is 21.3 Å².